The van der Waals surface area contributed by atoms with Crippen LogP contribution in [0.25, 0.3) is 5.65 Å². The van der Waals surface area contributed by atoms with Crippen LogP contribution in [0.1, 0.15) is 40.0 Å². The molecule has 1 N–H and O–H groups in total. The fraction of sp³-hybridized carbons (Fsp3) is 0.276. The number of amides is 2. The molecular weight excluding hydrogens is 452 g/mol. The fourth-order valence-corrected chi connectivity index (χ4v) is 4.56. The highest BCUT2D eigenvalue weighted by Gasteiger charge is 2.27. The lowest BCUT2D eigenvalue weighted by molar-refractivity contribution is -0.126. The standard InChI is InChI=1S/C29H30N4O3/c1-21-10-11-27-31-25(19-33(27)18-21)20-36-26-9-5-8-24(16-26)29(35)32-14-12-23(13-15-32)28(34)30-17-22-6-3-2-4-7-22/h2-11,16,18-19,23H,12-15,17,20H2,1H3,(H,30,34). The Balaban J connectivity index is 1.13. The number of ether oxygens (including phenoxy) is 1. The number of rotatable bonds is 7. The SMILES string of the molecule is Cc1ccc2nc(COc3cccc(C(=O)N4CCC(C(=O)NCc5ccccc5)CC4)c3)cn2c1. The minimum absolute atomic E-state index is 0.0354. The van der Waals surface area contributed by atoms with Gasteiger partial charge in [0.1, 0.15) is 18.0 Å². The summed E-state index contributed by atoms with van der Waals surface area (Å²) in [6, 6.07) is 21.2. The van der Waals surface area contributed by atoms with Crippen LogP contribution in [0.2, 0.25) is 0 Å². The second-order valence-electron chi connectivity index (χ2n) is 9.29. The number of nitrogens with one attached hydrogen (secondary N) is 1. The molecule has 2 aromatic heterocycles. The summed E-state index contributed by atoms with van der Waals surface area (Å²) < 4.78 is 7.93. The number of fused-ring (bicyclic) bond motifs is 1. The lowest BCUT2D eigenvalue weighted by Crippen LogP contribution is -2.42. The van der Waals surface area contributed by atoms with Gasteiger partial charge in [-0.1, -0.05) is 42.5 Å². The maximum absolute atomic E-state index is 13.1. The Morgan fingerprint density at radius 1 is 1.00 bits per heavy atom. The Labute approximate surface area is 210 Å². The van der Waals surface area contributed by atoms with Crippen molar-refractivity contribution in [1.29, 1.82) is 0 Å². The molecule has 2 aromatic carbocycles. The molecule has 36 heavy (non-hydrogen) atoms. The van der Waals surface area contributed by atoms with Gasteiger partial charge in [-0.3, -0.25) is 9.59 Å². The van der Waals surface area contributed by atoms with E-state index in [1.807, 2.05) is 89.3 Å². The van der Waals surface area contributed by atoms with Gasteiger partial charge in [0, 0.05) is 43.5 Å². The maximum atomic E-state index is 13.1. The molecule has 0 unspecified atom stereocenters. The van der Waals surface area contributed by atoms with Crippen LogP contribution in [-0.2, 0) is 17.9 Å². The van der Waals surface area contributed by atoms with Crippen molar-refractivity contribution in [2.45, 2.75) is 32.9 Å². The molecule has 1 fully saturated rings. The molecular formula is C29H30N4O3. The predicted molar refractivity (Wildman–Crippen MR) is 138 cm³/mol. The van der Waals surface area contributed by atoms with Gasteiger partial charge < -0.3 is 19.4 Å². The minimum Gasteiger partial charge on any atom is -0.487 e. The number of benzene rings is 2. The molecule has 0 aliphatic carbocycles. The summed E-state index contributed by atoms with van der Waals surface area (Å²) in [6.45, 7) is 4.02. The molecule has 7 nitrogen and oxygen atoms in total. The zero-order valence-electron chi connectivity index (χ0n) is 20.4. The van der Waals surface area contributed by atoms with Gasteiger partial charge in [0.05, 0.1) is 5.69 Å². The highest BCUT2D eigenvalue weighted by Crippen LogP contribution is 2.22. The first-order valence-corrected chi connectivity index (χ1v) is 12.3. The Bertz CT molecular complexity index is 1360. The summed E-state index contributed by atoms with van der Waals surface area (Å²) in [4.78, 5) is 32.1. The van der Waals surface area contributed by atoms with E-state index in [1.54, 1.807) is 6.07 Å². The van der Waals surface area contributed by atoms with Crippen LogP contribution in [0.15, 0.2) is 79.1 Å². The number of hydrogen-bond donors (Lipinski definition) is 1. The Morgan fingerprint density at radius 3 is 2.61 bits per heavy atom. The normalized spacial score (nSPS) is 14.1. The molecule has 5 rings (SSSR count). The number of nitrogens with zero attached hydrogens (tertiary/aromatic N) is 3. The van der Waals surface area contributed by atoms with Gasteiger partial charge in [0.25, 0.3) is 5.91 Å². The zero-order valence-corrected chi connectivity index (χ0v) is 20.4. The summed E-state index contributed by atoms with van der Waals surface area (Å²) >= 11 is 0. The molecule has 0 atom stereocenters. The lowest BCUT2D eigenvalue weighted by atomic mass is 9.95. The number of aromatic nitrogens is 2. The molecule has 1 aliphatic rings. The zero-order chi connectivity index (χ0) is 24.9. The van der Waals surface area contributed by atoms with Crippen LogP contribution in [0.4, 0.5) is 0 Å². The van der Waals surface area contributed by atoms with Crippen molar-refractivity contribution >= 4 is 17.5 Å². The minimum atomic E-state index is -0.0679. The first-order chi connectivity index (χ1) is 17.5. The van der Waals surface area contributed by atoms with Gasteiger partial charge in [0.2, 0.25) is 5.91 Å². The number of likely N-dealkylation sites (tertiary alicyclic amines) is 1. The van der Waals surface area contributed by atoms with Gasteiger partial charge >= 0.3 is 0 Å². The van der Waals surface area contributed by atoms with Crippen molar-refractivity contribution in [2.24, 2.45) is 5.92 Å². The highest BCUT2D eigenvalue weighted by atomic mass is 16.5. The van der Waals surface area contributed by atoms with Crippen LogP contribution >= 0.6 is 0 Å². The van der Waals surface area contributed by atoms with E-state index in [0.29, 0.717) is 50.4 Å². The largest absolute Gasteiger partial charge is 0.487 e. The molecule has 0 radical (unpaired) electrons. The van der Waals surface area contributed by atoms with Crippen molar-refractivity contribution in [3.63, 3.8) is 0 Å². The third-order valence-electron chi connectivity index (χ3n) is 6.58. The summed E-state index contributed by atoms with van der Waals surface area (Å²) in [7, 11) is 0. The van der Waals surface area contributed by atoms with E-state index in [1.165, 1.54) is 0 Å². The fourth-order valence-electron chi connectivity index (χ4n) is 4.56. The molecule has 184 valence electrons. The van der Waals surface area contributed by atoms with Crippen molar-refractivity contribution in [2.75, 3.05) is 13.1 Å². The number of pyridine rings is 1. The third-order valence-corrected chi connectivity index (χ3v) is 6.58. The quantitative estimate of drug-likeness (QED) is 0.424. The van der Waals surface area contributed by atoms with Crippen molar-refractivity contribution in [3.05, 3.63) is 102 Å². The first kappa shape index (κ1) is 23.6. The molecule has 7 heteroatoms. The first-order valence-electron chi connectivity index (χ1n) is 12.3. The molecule has 1 saturated heterocycles. The molecule has 0 bridgehead atoms. The van der Waals surface area contributed by atoms with Gasteiger partial charge in [-0.15, -0.1) is 0 Å². The molecule has 1 aliphatic heterocycles. The highest BCUT2D eigenvalue weighted by molar-refractivity contribution is 5.94. The Hall–Kier alpha value is -4.13. The number of carbonyl (C=O) groups excluding carboxylic acids is 2. The average Bonchev–Trinajstić information content (AvgIpc) is 3.33. The number of aryl methyl sites for hydroxylation is 1. The van der Waals surface area contributed by atoms with Crippen LogP contribution in [0.5, 0.6) is 5.75 Å². The maximum Gasteiger partial charge on any atom is 0.253 e. The number of piperidine rings is 1. The smallest absolute Gasteiger partial charge is 0.253 e. The van der Waals surface area contributed by atoms with Crippen LogP contribution in [0, 0.1) is 12.8 Å². The van der Waals surface area contributed by atoms with Gasteiger partial charge in [-0.25, -0.2) is 4.98 Å². The molecule has 2 amide bonds. The Morgan fingerprint density at radius 2 is 1.81 bits per heavy atom. The van der Waals surface area contributed by atoms with Crippen LogP contribution in [0.3, 0.4) is 0 Å². The second-order valence-corrected chi connectivity index (χ2v) is 9.29. The van der Waals surface area contributed by atoms with Gasteiger partial charge in [-0.05, 0) is 55.2 Å². The van der Waals surface area contributed by atoms with E-state index in [0.717, 1.165) is 22.5 Å². The van der Waals surface area contributed by atoms with E-state index < -0.39 is 0 Å². The van der Waals surface area contributed by atoms with Crippen molar-refractivity contribution in [1.82, 2.24) is 19.6 Å². The van der Waals surface area contributed by atoms with E-state index in [9.17, 15) is 9.59 Å². The van der Waals surface area contributed by atoms with E-state index in [4.69, 9.17) is 4.74 Å². The van der Waals surface area contributed by atoms with E-state index in [-0.39, 0.29) is 17.7 Å². The monoisotopic (exact) mass is 482 g/mol. The summed E-state index contributed by atoms with van der Waals surface area (Å²) in [5.41, 5.74) is 4.53. The molecule has 4 aromatic rings. The topological polar surface area (TPSA) is 75.9 Å². The van der Waals surface area contributed by atoms with E-state index >= 15 is 0 Å². The summed E-state index contributed by atoms with van der Waals surface area (Å²) in [5.74, 6) is 0.584. The summed E-state index contributed by atoms with van der Waals surface area (Å²) in [6.07, 6.45) is 5.31. The van der Waals surface area contributed by atoms with Gasteiger partial charge in [0.15, 0.2) is 0 Å². The molecule has 0 saturated carbocycles. The second kappa shape index (κ2) is 10.6. The molecule has 3 heterocycles. The summed E-state index contributed by atoms with van der Waals surface area (Å²) in [5, 5.41) is 3.02. The van der Waals surface area contributed by atoms with Crippen molar-refractivity contribution < 1.29 is 14.3 Å². The lowest BCUT2D eigenvalue weighted by Gasteiger charge is -2.31. The third kappa shape index (κ3) is 5.57. The Kier molecular flexibility index (Phi) is 6.98. The predicted octanol–water partition coefficient (Wildman–Crippen LogP) is 4.39. The number of carbonyl (C=O) groups is 2. The van der Waals surface area contributed by atoms with Gasteiger partial charge in [-0.2, -0.15) is 0 Å². The average molecular weight is 483 g/mol. The molecule has 0 spiro atoms. The van der Waals surface area contributed by atoms with Crippen LogP contribution in [-0.4, -0.2) is 39.2 Å². The van der Waals surface area contributed by atoms with E-state index in [2.05, 4.69) is 10.3 Å². The van der Waals surface area contributed by atoms with Crippen LogP contribution < -0.4 is 10.1 Å². The number of imidazole rings is 1. The number of hydrogen-bond acceptors (Lipinski definition) is 4. The van der Waals surface area contributed by atoms with Crippen molar-refractivity contribution in [3.8, 4) is 5.75 Å².